The van der Waals surface area contributed by atoms with Crippen molar-refractivity contribution >= 4 is 28.3 Å². The van der Waals surface area contributed by atoms with Crippen LogP contribution in [0, 0.1) is 23.1 Å². The number of benzene rings is 2. The number of aromatic nitrogens is 3. The lowest BCUT2D eigenvalue weighted by molar-refractivity contribution is -0.121. The number of nitrogens with one attached hydrogen (secondary N) is 1. The van der Waals surface area contributed by atoms with E-state index in [0.717, 1.165) is 42.5 Å². The van der Waals surface area contributed by atoms with Crippen LogP contribution in [0.4, 0.5) is 9.52 Å². The van der Waals surface area contributed by atoms with Crippen LogP contribution in [0.5, 0.6) is 0 Å². The van der Waals surface area contributed by atoms with Crippen molar-refractivity contribution in [3.63, 3.8) is 0 Å². The number of halogens is 1. The number of carbonyl (C=O) groups is 2. The van der Waals surface area contributed by atoms with E-state index in [0.29, 0.717) is 38.3 Å². The Kier molecular flexibility index (Phi) is 5.47. The van der Waals surface area contributed by atoms with E-state index in [-0.39, 0.29) is 12.5 Å². The molecule has 4 heterocycles. The first-order valence-corrected chi connectivity index (χ1v) is 16.3. The van der Waals surface area contributed by atoms with Gasteiger partial charge in [-0.25, -0.2) is 14.4 Å². The molecule has 0 radical (unpaired) electrons. The molecule has 5 unspecified atom stereocenters. The third-order valence-corrected chi connectivity index (χ3v) is 11.8. The zero-order valence-corrected chi connectivity index (χ0v) is 25.5. The maximum atomic E-state index is 15.7. The Morgan fingerprint density at radius 2 is 2.05 bits per heavy atom. The third kappa shape index (κ3) is 3.52. The first kappa shape index (κ1) is 26.5. The van der Waals surface area contributed by atoms with E-state index in [1.54, 1.807) is 24.0 Å². The van der Waals surface area contributed by atoms with E-state index < -0.39 is 17.8 Å². The molecule has 0 bridgehead atoms. The molecule has 2 aliphatic heterocycles. The molecule has 3 saturated carbocycles. The molecule has 2 aromatic heterocycles. The zero-order chi connectivity index (χ0) is 30.0. The number of hydrogen-bond acceptors (Lipinski definition) is 6. The molecule has 3 aliphatic carbocycles. The summed E-state index contributed by atoms with van der Waals surface area (Å²) in [4.78, 5) is 40.3. The maximum absolute atomic E-state index is 15.7. The largest absolute Gasteiger partial charge is 0.334 e. The lowest BCUT2D eigenvalue weighted by Crippen LogP contribution is -2.48. The van der Waals surface area contributed by atoms with Crippen LogP contribution < -0.4 is 5.32 Å². The van der Waals surface area contributed by atoms with Gasteiger partial charge in [-0.05, 0) is 85.9 Å². The minimum atomic E-state index is -0.995. The number of nitrogens with zero attached hydrogens (tertiary/aromatic N) is 5. The van der Waals surface area contributed by atoms with Gasteiger partial charge >= 0.3 is 0 Å². The van der Waals surface area contributed by atoms with Gasteiger partial charge in [0.1, 0.15) is 5.82 Å². The molecule has 8 nitrogen and oxygen atoms in total. The Balaban J connectivity index is 1.00. The smallest absolute Gasteiger partial charge is 0.255 e. The maximum Gasteiger partial charge on any atom is 0.255 e. The van der Waals surface area contributed by atoms with Gasteiger partial charge in [-0.2, -0.15) is 0 Å². The van der Waals surface area contributed by atoms with E-state index in [2.05, 4.69) is 58.5 Å². The second kappa shape index (κ2) is 9.08. The SMILES string of the molecule is CN(C)CC12CC3C1C3(c1ccc(-c3cc(F)c4c(c3)C(=O)N(C(C(=O)Nc3nccs3)c3ncn5c3CCC5)C4)cc1)C2. The quantitative estimate of drug-likeness (QED) is 0.295. The second-order valence-corrected chi connectivity index (χ2v) is 14.6. The summed E-state index contributed by atoms with van der Waals surface area (Å²) in [5, 5.41) is 5.08. The van der Waals surface area contributed by atoms with Crippen LogP contribution in [0.15, 0.2) is 54.3 Å². The molecule has 44 heavy (non-hydrogen) atoms. The predicted octanol–water partition coefficient (Wildman–Crippen LogP) is 5.27. The van der Waals surface area contributed by atoms with E-state index >= 15 is 4.39 Å². The Morgan fingerprint density at radius 3 is 2.80 bits per heavy atom. The summed E-state index contributed by atoms with van der Waals surface area (Å²) < 4.78 is 17.8. The van der Waals surface area contributed by atoms with Gasteiger partial charge in [-0.3, -0.25) is 14.9 Å². The minimum Gasteiger partial charge on any atom is -0.334 e. The summed E-state index contributed by atoms with van der Waals surface area (Å²) in [6.07, 6.45) is 7.67. The molecular formula is C34H33FN6O2S. The van der Waals surface area contributed by atoms with Crippen LogP contribution in [0.3, 0.4) is 0 Å². The monoisotopic (exact) mass is 608 g/mol. The molecule has 5 atom stereocenters. The summed E-state index contributed by atoms with van der Waals surface area (Å²) in [6, 6.07) is 10.9. The number of aryl methyl sites for hydroxylation is 1. The average Bonchev–Trinajstić information content (AvgIpc) is 3.73. The summed E-state index contributed by atoms with van der Waals surface area (Å²) in [5.41, 5.74) is 5.92. The normalized spacial score (nSPS) is 27.8. The summed E-state index contributed by atoms with van der Waals surface area (Å²) in [6.45, 7) is 2.00. The summed E-state index contributed by atoms with van der Waals surface area (Å²) >= 11 is 1.30. The van der Waals surface area contributed by atoms with Crippen molar-refractivity contribution in [3.8, 4) is 11.1 Å². The average molecular weight is 609 g/mol. The molecular weight excluding hydrogens is 575 g/mol. The Hall–Kier alpha value is -3.89. The first-order valence-electron chi connectivity index (χ1n) is 15.4. The van der Waals surface area contributed by atoms with Crippen LogP contribution in [0.2, 0.25) is 0 Å². The third-order valence-electron chi connectivity index (χ3n) is 11.1. The number of imidazole rings is 1. The fourth-order valence-electron chi connectivity index (χ4n) is 9.55. The molecule has 9 rings (SSSR count). The number of carbonyl (C=O) groups excluding carboxylic acids is 2. The molecule has 10 heteroatoms. The van der Waals surface area contributed by atoms with Crippen molar-refractivity contribution in [2.45, 2.75) is 50.2 Å². The van der Waals surface area contributed by atoms with Crippen LogP contribution in [0.25, 0.3) is 11.1 Å². The van der Waals surface area contributed by atoms with E-state index in [1.165, 1.54) is 47.3 Å². The molecule has 1 N–H and O–H groups in total. The molecule has 2 amide bonds. The van der Waals surface area contributed by atoms with Crippen molar-refractivity contribution in [3.05, 3.63) is 88.2 Å². The number of thiazole rings is 1. The Morgan fingerprint density at radius 1 is 1.20 bits per heavy atom. The number of hydrogen-bond donors (Lipinski definition) is 1. The molecule has 0 saturated heterocycles. The topological polar surface area (TPSA) is 83.4 Å². The highest BCUT2D eigenvalue weighted by Gasteiger charge is 2.89. The number of fused-ring (bicyclic) bond motifs is 3. The van der Waals surface area contributed by atoms with Crippen molar-refractivity contribution in [1.29, 1.82) is 0 Å². The van der Waals surface area contributed by atoms with Crippen LogP contribution in [-0.2, 0) is 29.7 Å². The van der Waals surface area contributed by atoms with Crippen molar-refractivity contribution < 1.29 is 14.0 Å². The van der Waals surface area contributed by atoms with Gasteiger partial charge in [0, 0.05) is 46.9 Å². The van der Waals surface area contributed by atoms with Gasteiger partial charge in [0.2, 0.25) is 0 Å². The summed E-state index contributed by atoms with van der Waals surface area (Å²) in [5.74, 6) is 0.423. The standard InChI is InChI=1S/C34H33FN6O2S/c1-39(2)17-33-14-24-29(33)34(24,16-33)21-7-5-19(6-8-21)20-12-22-23(25(35)13-20)15-41(31(22)43)28(30(42)38-32-36-9-11-44-32)27-26-4-3-10-40(26)18-37-27/h5-9,11-13,18,24,28-29H,3-4,10,14-17H2,1-2H3,(H,36,38,42). The van der Waals surface area contributed by atoms with E-state index in [9.17, 15) is 9.59 Å². The van der Waals surface area contributed by atoms with Gasteiger partial charge in [0.25, 0.3) is 11.8 Å². The molecule has 224 valence electrons. The van der Waals surface area contributed by atoms with E-state index in [1.807, 2.05) is 4.57 Å². The fraction of sp³-hybridized carbons (Fsp3) is 0.412. The number of anilines is 1. The summed E-state index contributed by atoms with van der Waals surface area (Å²) in [7, 11) is 4.33. The second-order valence-electron chi connectivity index (χ2n) is 13.7. The van der Waals surface area contributed by atoms with Gasteiger partial charge in [-0.1, -0.05) is 24.3 Å². The molecule has 3 fully saturated rings. The van der Waals surface area contributed by atoms with Crippen molar-refractivity contribution in [2.75, 3.05) is 26.0 Å². The Bertz CT molecular complexity index is 1850. The lowest BCUT2D eigenvalue weighted by atomic mass is 9.58. The van der Waals surface area contributed by atoms with Crippen molar-refractivity contribution in [1.82, 2.24) is 24.3 Å². The zero-order valence-electron chi connectivity index (χ0n) is 24.7. The van der Waals surface area contributed by atoms with Gasteiger partial charge in [0.05, 0.1) is 18.6 Å². The van der Waals surface area contributed by atoms with E-state index in [4.69, 9.17) is 0 Å². The Labute approximate surface area is 258 Å². The van der Waals surface area contributed by atoms with Crippen LogP contribution >= 0.6 is 11.3 Å². The molecule has 4 aromatic rings. The van der Waals surface area contributed by atoms with Crippen LogP contribution in [-0.4, -0.2) is 56.8 Å². The highest BCUT2D eigenvalue weighted by atomic mass is 32.1. The van der Waals surface area contributed by atoms with Gasteiger partial charge in [0.15, 0.2) is 11.2 Å². The predicted molar refractivity (Wildman–Crippen MR) is 165 cm³/mol. The van der Waals surface area contributed by atoms with Gasteiger partial charge < -0.3 is 14.4 Å². The minimum absolute atomic E-state index is 0.00146. The van der Waals surface area contributed by atoms with Gasteiger partial charge in [-0.15, -0.1) is 11.3 Å². The highest BCUT2D eigenvalue weighted by molar-refractivity contribution is 7.13. The first-order chi connectivity index (χ1) is 21.3. The molecule has 5 aliphatic rings. The lowest BCUT2D eigenvalue weighted by Gasteiger charge is -2.49. The fourth-order valence-corrected chi connectivity index (χ4v) is 10.1. The molecule has 2 aromatic carbocycles. The number of rotatable bonds is 8. The van der Waals surface area contributed by atoms with Crippen LogP contribution in [0.1, 0.15) is 58.2 Å². The number of amides is 2. The molecule has 0 spiro atoms. The highest BCUT2D eigenvalue weighted by Crippen LogP contribution is 2.91. The van der Waals surface area contributed by atoms with Crippen molar-refractivity contribution in [2.24, 2.45) is 17.3 Å².